The summed E-state index contributed by atoms with van der Waals surface area (Å²) in [6.07, 6.45) is -0.669. The van der Waals surface area contributed by atoms with E-state index in [1.807, 2.05) is 42.7 Å². The predicted molar refractivity (Wildman–Crippen MR) is 128 cm³/mol. The third kappa shape index (κ3) is 5.52. The first-order valence-corrected chi connectivity index (χ1v) is 13.4. The molecule has 4 rings (SSSR count). The Morgan fingerprint density at radius 2 is 2.00 bits per heavy atom. The highest BCUT2D eigenvalue weighted by molar-refractivity contribution is 7.99. The highest BCUT2D eigenvalue weighted by atomic mass is 32.2. The van der Waals surface area contributed by atoms with E-state index >= 15 is 0 Å². The molecular weight excluding hydrogens is 462 g/mol. The van der Waals surface area contributed by atoms with Gasteiger partial charge in [-0.2, -0.15) is 4.31 Å². The fourth-order valence-electron chi connectivity index (χ4n) is 3.72. The number of fused-ring (bicyclic) bond motifs is 1. The number of aliphatic hydroxyl groups is 1. The minimum Gasteiger partial charge on any atom is -0.491 e. The molecule has 178 valence electrons. The van der Waals surface area contributed by atoms with E-state index in [1.165, 1.54) is 16.1 Å². The van der Waals surface area contributed by atoms with Gasteiger partial charge in [-0.25, -0.2) is 13.4 Å². The number of hydrogen-bond donors (Lipinski definition) is 1. The maximum Gasteiger partial charge on any atom is 0.243 e. The van der Waals surface area contributed by atoms with Crippen molar-refractivity contribution in [2.24, 2.45) is 0 Å². The first-order valence-electron chi connectivity index (χ1n) is 11.0. The summed E-state index contributed by atoms with van der Waals surface area (Å²) < 4.78 is 40.4. The van der Waals surface area contributed by atoms with E-state index in [0.717, 1.165) is 22.0 Å². The molecule has 1 N–H and O–H groups in total. The third-order valence-electron chi connectivity index (χ3n) is 5.45. The maximum absolute atomic E-state index is 13.0. The molecule has 1 saturated heterocycles. The van der Waals surface area contributed by atoms with Crippen molar-refractivity contribution in [3.8, 4) is 5.75 Å². The van der Waals surface area contributed by atoms with Crippen LogP contribution >= 0.6 is 11.8 Å². The average molecular weight is 492 g/mol. The second-order valence-electron chi connectivity index (χ2n) is 7.90. The highest BCUT2D eigenvalue weighted by Crippen LogP contribution is 2.28. The Labute approximate surface area is 198 Å². The standard InChI is InChI=1S/C23H29N3O5S2/c1-3-26-22-8-7-20(33(28,29)25-9-11-30-12-10-25)14-21(22)24-23(26)32-16-18(27)15-31-19-6-4-5-17(2)13-19/h4-8,13-14,18,27H,3,9-12,15-16H2,1-2H3. The Hall–Kier alpha value is -2.11. The minimum absolute atomic E-state index is 0.185. The van der Waals surface area contributed by atoms with Crippen LogP contribution in [0.3, 0.4) is 0 Å². The van der Waals surface area contributed by atoms with E-state index in [4.69, 9.17) is 9.47 Å². The van der Waals surface area contributed by atoms with Gasteiger partial charge >= 0.3 is 0 Å². The van der Waals surface area contributed by atoms with Crippen LogP contribution in [0.15, 0.2) is 52.5 Å². The zero-order chi connectivity index (χ0) is 23.4. The molecule has 8 nitrogen and oxygen atoms in total. The number of thioether (sulfide) groups is 1. The van der Waals surface area contributed by atoms with E-state index in [9.17, 15) is 13.5 Å². The Morgan fingerprint density at radius 3 is 2.73 bits per heavy atom. The molecule has 1 aliphatic rings. The highest BCUT2D eigenvalue weighted by Gasteiger charge is 2.27. The van der Waals surface area contributed by atoms with Crippen molar-refractivity contribution < 1.29 is 23.0 Å². The van der Waals surface area contributed by atoms with Gasteiger partial charge in [0.05, 0.1) is 35.2 Å². The van der Waals surface area contributed by atoms with Crippen LogP contribution in [0.5, 0.6) is 5.75 Å². The van der Waals surface area contributed by atoms with E-state index in [-0.39, 0.29) is 11.5 Å². The Morgan fingerprint density at radius 1 is 1.21 bits per heavy atom. The van der Waals surface area contributed by atoms with Crippen LogP contribution in [-0.4, -0.2) is 72.1 Å². The lowest BCUT2D eigenvalue weighted by Crippen LogP contribution is -2.40. The second kappa shape index (κ2) is 10.4. The smallest absolute Gasteiger partial charge is 0.243 e. The topological polar surface area (TPSA) is 93.9 Å². The monoisotopic (exact) mass is 491 g/mol. The Bertz CT molecular complexity index is 1210. The molecule has 1 aliphatic heterocycles. The molecule has 33 heavy (non-hydrogen) atoms. The summed E-state index contributed by atoms with van der Waals surface area (Å²) in [5.74, 6) is 1.14. The van der Waals surface area contributed by atoms with Crippen LogP contribution in [0.2, 0.25) is 0 Å². The van der Waals surface area contributed by atoms with Crippen molar-refractivity contribution in [1.29, 1.82) is 0 Å². The summed E-state index contributed by atoms with van der Waals surface area (Å²) in [4.78, 5) is 4.91. The van der Waals surface area contributed by atoms with E-state index in [1.54, 1.807) is 18.2 Å². The Balaban J connectivity index is 1.46. The van der Waals surface area contributed by atoms with Crippen molar-refractivity contribution in [2.75, 3.05) is 38.7 Å². The van der Waals surface area contributed by atoms with Gasteiger partial charge in [-0.15, -0.1) is 0 Å². The molecule has 0 aliphatic carbocycles. The van der Waals surface area contributed by atoms with Crippen LogP contribution in [0.25, 0.3) is 11.0 Å². The molecule has 0 radical (unpaired) electrons. The van der Waals surface area contributed by atoms with Crippen molar-refractivity contribution in [3.63, 3.8) is 0 Å². The number of hydrogen-bond acceptors (Lipinski definition) is 7. The first kappa shape index (κ1) is 24.0. The SMILES string of the molecule is CCn1c(SCC(O)COc2cccc(C)c2)nc2cc(S(=O)(=O)N3CCOCC3)ccc21. The molecule has 2 heterocycles. The maximum atomic E-state index is 13.0. The number of aromatic nitrogens is 2. The molecule has 1 unspecified atom stereocenters. The van der Waals surface area contributed by atoms with Crippen molar-refractivity contribution >= 4 is 32.8 Å². The van der Waals surface area contributed by atoms with Gasteiger partial charge in [-0.1, -0.05) is 23.9 Å². The normalized spacial score (nSPS) is 16.2. The van der Waals surface area contributed by atoms with Crippen LogP contribution in [0.4, 0.5) is 0 Å². The quantitative estimate of drug-likeness (QED) is 0.460. The van der Waals surface area contributed by atoms with Crippen molar-refractivity contribution in [2.45, 2.75) is 36.5 Å². The van der Waals surface area contributed by atoms with E-state index in [2.05, 4.69) is 4.98 Å². The molecule has 10 heteroatoms. The summed E-state index contributed by atoms with van der Waals surface area (Å²) in [7, 11) is -3.59. The number of rotatable bonds is 9. The van der Waals surface area contributed by atoms with Gasteiger partial charge < -0.3 is 19.1 Å². The van der Waals surface area contributed by atoms with Crippen LogP contribution < -0.4 is 4.74 Å². The Kier molecular flexibility index (Phi) is 7.60. The predicted octanol–water partition coefficient (Wildman–Crippen LogP) is 2.92. The molecule has 3 aromatic rings. The molecule has 0 spiro atoms. The van der Waals surface area contributed by atoms with E-state index < -0.39 is 16.1 Å². The van der Waals surface area contributed by atoms with E-state index in [0.29, 0.717) is 44.1 Å². The number of benzene rings is 2. The summed E-state index contributed by atoms with van der Waals surface area (Å²) >= 11 is 1.43. The number of ether oxygens (including phenoxy) is 2. The van der Waals surface area contributed by atoms with Gasteiger partial charge in [-0.05, 0) is 49.7 Å². The number of sulfonamides is 1. The van der Waals surface area contributed by atoms with Gasteiger partial charge in [0.2, 0.25) is 10.0 Å². The lowest BCUT2D eigenvalue weighted by atomic mass is 10.2. The zero-order valence-corrected chi connectivity index (χ0v) is 20.4. The molecule has 2 aromatic carbocycles. The summed E-state index contributed by atoms with van der Waals surface area (Å²) in [6, 6.07) is 12.8. The number of morpholine rings is 1. The number of aliphatic hydroxyl groups excluding tert-OH is 1. The molecule has 0 bridgehead atoms. The zero-order valence-electron chi connectivity index (χ0n) is 18.8. The molecule has 1 atom stereocenters. The van der Waals surface area contributed by atoms with Crippen molar-refractivity contribution in [1.82, 2.24) is 13.9 Å². The van der Waals surface area contributed by atoms with Crippen LogP contribution in [0, 0.1) is 6.92 Å². The van der Waals surface area contributed by atoms with Crippen molar-refractivity contribution in [3.05, 3.63) is 48.0 Å². The lowest BCUT2D eigenvalue weighted by Gasteiger charge is -2.26. The summed E-state index contributed by atoms with van der Waals surface area (Å²) in [5.41, 5.74) is 2.59. The van der Waals surface area contributed by atoms with Crippen LogP contribution in [0.1, 0.15) is 12.5 Å². The molecule has 0 saturated carbocycles. The molecular formula is C23H29N3O5S2. The minimum atomic E-state index is -3.59. The third-order valence-corrected chi connectivity index (χ3v) is 8.46. The lowest BCUT2D eigenvalue weighted by molar-refractivity contribution is 0.0730. The van der Waals surface area contributed by atoms with Gasteiger partial charge in [0.25, 0.3) is 0 Å². The largest absolute Gasteiger partial charge is 0.491 e. The number of imidazole rings is 1. The van der Waals surface area contributed by atoms with Gasteiger partial charge in [-0.3, -0.25) is 0 Å². The fraction of sp³-hybridized carbons (Fsp3) is 0.435. The first-order chi connectivity index (χ1) is 15.9. The molecule has 1 fully saturated rings. The fourth-order valence-corrected chi connectivity index (χ4v) is 6.13. The van der Waals surface area contributed by atoms with Gasteiger partial charge in [0, 0.05) is 25.4 Å². The number of nitrogens with zero attached hydrogens (tertiary/aromatic N) is 3. The summed E-state index contributed by atoms with van der Waals surface area (Å²) in [6.45, 7) is 6.40. The van der Waals surface area contributed by atoms with Gasteiger partial charge in [0.1, 0.15) is 12.4 Å². The van der Waals surface area contributed by atoms with Crippen LogP contribution in [-0.2, 0) is 21.3 Å². The van der Waals surface area contributed by atoms with Gasteiger partial charge in [0.15, 0.2) is 5.16 Å². The second-order valence-corrected chi connectivity index (χ2v) is 10.8. The summed E-state index contributed by atoms with van der Waals surface area (Å²) in [5, 5.41) is 11.1. The number of aryl methyl sites for hydroxylation is 2. The average Bonchev–Trinajstić information content (AvgIpc) is 3.18. The molecule has 1 aromatic heterocycles. The molecule has 0 amide bonds.